The summed E-state index contributed by atoms with van der Waals surface area (Å²) in [6, 6.07) is 5.33. The van der Waals surface area contributed by atoms with E-state index in [0.717, 1.165) is 0 Å². The molecule has 0 unspecified atom stereocenters. The van der Waals surface area contributed by atoms with Crippen LogP contribution in [0.15, 0.2) is 12.1 Å². The maximum absolute atomic E-state index is 3.62. The van der Waals surface area contributed by atoms with Crippen molar-refractivity contribution in [3.05, 3.63) is 34.4 Å². The van der Waals surface area contributed by atoms with Gasteiger partial charge in [0, 0.05) is 6.04 Å². The second-order valence-electron chi connectivity index (χ2n) is 4.93. The van der Waals surface area contributed by atoms with Crippen LogP contribution in [-0.2, 0) is 12.8 Å². The number of aryl methyl sites for hydroxylation is 1. The molecule has 1 N–H and O–H groups in total. The third-order valence-electron chi connectivity index (χ3n) is 3.99. The highest BCUT2D eigenvalue weighted by Gasteiger charge is 2.23. The zero-order valence-electron chi connectivity index (χ0n) is 9.47. The van der Waals surface area contributed by atoms with Gasteiger partial charge < -0.3 is 5.32 Å². The van der Waals surface area contributed by atoms with E-state index < -0.39 is 0 Å². The van der Waals surface area contributed by atoms with Gasteiger partial charge in [0.15, 0.2) is 0 Å². The first-order valence-electron chi connectivity index (χ1n) is 6.21. The predicted octanol–water partition coefficient (Wildman–Crippen LogP) is 2.91. The Labute approximate surface area is 91.9 Å². The minimum atomic E-state index is 0.650. The summed E-state index contributed by atoms with van der Waals surface area (Å²) in [6.45, 7) is 3.46. The average molecular weight is 201 g/mol. The van der Waals surface area contributed by atoms with Gasteiger partial charge in [0.25, 0.3) is 0 Å². The first-order chi connectivity index (χ1) is 7.36. The van der Waals surface area contributed by atoms with Crippen molar-refractivity contribution >= 4 is 0 Å². The van der Waals surface area contributed by atoms with Gasteiger partial charge in [0.1, 0.15) is 0 Å². The van der Waals surface area contributed by atoms with E-state index in [0.29, 0.717) is 6.04 Å². The molecule has 15 heavy (non-hydrogen) atoms. The van der Waals surface area contributed by atoms with E-state index in [-0.39, 0.29) is 0 Å². The fraction of sp³-hybridized carbons (Fsp3) is 0.571. The molecule has 0 amide bonds. The SMILES string of the molecule is Cc1ccc([C@H]2CCCN2)c2c1CCC2. The highest BCUT2D eigenvalue weighted by atomic mass is 14.9. The zero-order valence-corrected chi connectivity index (χ0v) is 9.47. The quantitative estimate of drug-likeness (QED) is 0.736. The lowest BCUT2D eigenvalue weighted by Crippen LogP contribution is -2.14. The first kappa shape index (κ1) is 9.41. The van der Waals surface area contributed by atoms with Gasteiger partial charge >= 0.3 is 0 Å². The molecule has 0 bridgehead atoms. The number of fused-ring (bicyclic) bond motifs is 1. The van der Waals surface area contributed by atoms with Crippen LogP contribution >= 0.6 is 0 Å². The van der Waals surface area contributed by atoms with Crippen molar-refractivity contribution < 1.29 is 0 Å². The van der Waals surface area contributed by atoms with Crippen LogP contribution < -0.4 is 5.32 Å². The van der Waals surface area contributed by atoms with Crippen molar-refractivity contribution in [1.82, 2.24) is 5.32 Å². The summed E-state index contributed by atoms with van der Waals surface area (Å²) in [5, 5.41) is 3.62. The topological polar surface area (TPSA) is 12.0 Å². The molecule has 1 heteroatoms. The van der Waals surface area contributed by atoms with E-state index in [1.54, 1.807) is 16.7 Å². The Kier molecular flexibility index (Phi) is 2.28. The van der Waals surface area contributed by atoms with Gasteiger partial charge in [-0.2, -0.15) is 0 Å². The molecule has 1 fully saturated rings. The second kappa shape index (κ2) is 3.64. The largest absolute Gasteiger partial charge is 0.310 e. The summed E-state index contributed by atoms with van der Waals surface area (Å²) in [7, 11) is 0. The van der Waals surface area contributed by atoms with E-state index in [9.17, 15) is 0 Å². The molecule has 1 aromatic rings. The summed E-state index contributed by atoms with van der Waals surface area (Å²) >= 11 is 0. The Balaban J connectivity index is 2.04. The molecule has 1 aliphatic carbocycles. The standard InChI is InChI=1S/C14H19N/c1-10-7-8-13(14-6-3-9-15-14)12-5-2-4-11(10)12/h7-8,14-15H,2-6,9H2,1H3/t14-/m1/s1. The van der Waals surface area contributed by atoms with Gasteiger partial charge in [-0.05, 0) is 67.8 Å². The van der Waals surface area contributed by atoms with Crippen LogP contribution in [0.4, 0.5) is 0 Å². The fourth-order valence-electron chi connectivity index (χ4n) is 3.19. The van der Waals surface area contributed by atoms with Crippen LogP contribution in [0.3, 0.4) is 0 Å². The van der Waals surface area contributed by atoms with E-state index in [2.05, 4.69) is 24.4 Å². The number of nitrogens with one attached hydrogen (secondary N) is 1. The van der Waals surface area contributed by atoms with Gasteiger partial charge in [-0.25, -0.2) is 0 Å². The van der Waals surface area contributed by atoms with Crippen molar-refractivity contribution in [1.29, 1.82) is 0 Å². The highest BCUT2D eigenvalue weighted by Crippen LogP contribution is 2.34. The Hall–Kier alpha value is -0.820. The Morgan fingerprint density at radius 2 is 2.00 bits per heavy atom. The summed E-state index contributed by atoms with van der Waals surface area (Å²) in [5.74, 6) is 0. The smallest absolute Gasteiger partial charge is 0.0323 e. The summed E-state index contributed by atoms with van der Waals surface area (Å²) in [4.78, 5) is 0. The molecule has 80 valence electrons. The van der Waals surface area contributed by atoms with Gasteiger partial charge in [0.05, 0.1) is 0 Å². The number of hydrogen-bond acceptors (Lipinski definition) is 1. The predicted molar refractivity (Wildman–Crippen MR) is 63.2 cm³/mol. The van der Waals surface area contributed by atoms with Crippen LogP contribution in [0.5, 0.6) is 0 Å². The Bertz CT molecular complexity index is 375. The molecular formula is C14H19N. The lowest BCUT2D eigenvalue weighted by molar-refractivity contribution is 0.641. The minimum Gasteiger partial charge on any atom is -0.310 e. The van der Waals surface area contributed by atoms with Crippen molar-refractivity contribution in [3.8, 4) is 0 Å². The maximum atomic E-state index is 3.62. The van der Waals surface area contributed by atoms with Gasteiger partial charge in [-0.3, -0.25) is 0 Å². The first-order valence-corrected chi connectivity index (χ1v) is 6.21. The molecule has 3 rings (SSSR count). The van der Waals surface area contributed by atoms with E-state index in [1.165, 1.54) is 44.2 Å². The number of benzene rings is 1. The molecule has 2 aliphatic rings. The summed E-state index contributed by atoms with van der Waals surface area (Å²) in [6.07, 6.45) is 6.65. The van der Waals surface area contributed by atoms with E-state index >= 15 is 0 Å². The van der Waals surface area contributed by atoms with Crippen molar-refractivity contribution in [2.45, 2.75) is 45.1 Å². The third-order valence-corrected chi connectivity index (χ3v) is 3.99. The van der Waals surface area contributed by atoms with Crippen LogP contribution in [0.1, 0.15) is 47.6 Å². The number of hydrogen-bond donors (Lipinski definition) is 1. The fourth-order valence-corrected chi connectivity index (χ4v) is 3.19. The second-order valence-corrected chi connectivity index (χ2v) is 4.93. The molecule has 1 aliphatic heterocycles. The van der Waals surface area contributed by atoms with Crippen molar-refractivity contribution in [2.24, 2.45) is 0 Å². The zero-order chi connectivity index (χ0) is 10.3. The van der Waals surface area contributed by atoms with Crippen LogP contribution in [0.25, 0.3) is 0 Å². The Morgan fingerprint density at radius 1 is 1.13 bits per heavy atom. The molecule has 0 aromatic heterocycles. The lowest BCUT2D eigenvalue weighted by atomic mass is 9.94. The van der Waals surface area contributed by atoms with Crippen molar-refractivity contribution in [2.75, 3.05) is 6.54 Å². The monoisotopic (exact) mass is 201 g/mol. The molecule has 1 heterocycles. The average Bonchev–Trinajstić information content (AvgIpc) is 2.88. The van der Waals surface area contributed by atoms with Crippen molar-refractivity contribution in [3.63, 3.8) is 0 Å². The highest BCUT2D eigenvalue weighted by molar-refractivity contribution is 5.45. The normalized spacial score (nSPS) is 24.5. The molecular weight excluding hydrogens is 182 g/mol. The molecule has 0 saturated carbocycles. The summed E-state index contributed by atoms with van der Waals surface area (Å²) in [5.41, 5.74) is 6.44. The van der Waals surface area contributed by atoms with Gasteiger partial charge in [-0.15, -0.1) is 0 Å². The summed E-state index contributed by atoms with van der Waals surface area (Å²) < 4.78 is 0. The van der Waals surface area contributed by atoms with Crippen LogP contribution in [-0.4, -0.2) is 6.54 Å². The molecule has 1 saturated heterocycles. The third kappa shape index (κ3) is 1.50. The van der Waals surface area contributed by atoms with E-state index in [4.69, 9.17) is 0 Å². The molecule has 1 atom stereocenters. The molecule has 1 aromatic carbocycles. The van der Waals surface area contributed by atoms with Gasteiger partial charge in [-0.1, -0.05) is 12.1 Å². The van der Waals surface area contributed by atoms with E-state index in [1.807, 2.05) is 0 Å². The maximum Gasteiger partial charge on any atom is 0.0323 e. The van der Waals surface area contributed by atoms with Crippen LogP contribution in [0, 0.1) is 6.92 Å². The lowest BCUT2D eigenvalue weighted by Gasteiger charge is -2.16. The molecule has 0 spiro atoms. The van der Waals surface area contributed by atoms with Gasteiger partial charge in [0.2, 0.25) is 0 Å². The molecule has 0 radical (unpaired) electrons. The Morgan fingerprint density at radius 3 is 2.80 bits per heavy atom. The number of rotatable bonds is 1. The van der Waals surface area contributed by atoms with Crippen LogP contribution in [0.2, 0.25) is 0 Å². The minimum absolute atomic E-state index is 0.650. The molecule has 1 nitrogen and oxygen atoms in total.